The average molecular weight is 512 g/mol. The van der Waals surface area contributed by atoms with Gasteiger partial charge in [0.25, 0.3) is 5.89 Å². The van der Waals surface area contributed by atoms with E-state index in [1.54, 1.807) is 11.1 Å². The smallest absolute Gasteiger partial charge is 0.410 e. The maximum Gasteiger partial charge on any atom is 0.410 e. The predicted octanol–water partition coefficient (Wildman–Crippen LogP) is 5.37. The van der Waals surface area contributed by atoms with E-state index in [4.69, 9.17) is 9.15 Å². The second kappa shape index (κ2) is 9.34. The molecular formula is C25H23F3N6O3. The molecule has 0 fully saturated rings. The molecule has 2 aromatic carbocycles. The molecule has 9 nitrogen and oxygen atoms in total. The Labute approximate surface area is 209 Å². The van der Waals surface area contributed by atoms with Gasteiger partial charge in [0.05, 0.1) is 19.3 Å². The number of carbonyl (C=O) groups is 1. The van der Waals surface area contributed by atoms with Crippen molar-refractivity contribution in [3.63, 3.8) is 0 Å². The summed E-state index contributed by atoms with van der Waals surface area (Å²) < 4.78 is 52.0. The number of amides is 1. The molecule has 1 aliphatic rings. The number of alkyl halides is 2. The number of carbonyl (C=O) groups excluding carboxylic acids is 1. The largest absolute Gasteiger partial charge is 0.444 e. The number of rotatable bonds is 5. The SMILES string of the molecule is CC(C)(C)OC(=O)N1Cc2cccc(-c3cn(Cc4ccc(-c5nnc(C(F)F)o5)cc4F)nn3)c2C1. The zero-order valence-corrected chi connectivity index (χ0v) is 20.3. The molecule has 0 saturated heterocycles. The Morgan fingerprint density at radius 3 is 2.65 bits per heavy atom. The molecule has 2 aromatic heterocycles. The highest BCUT2D eigenvalue weighted by atomic mass is 19.3. The van der Waals surface area contributed by atoms with E-state index in [0.717, 1.165) is 22.8 Å². The highest BCUT2D eigenvalue weighted by Crippen LogP contribution is 2.33. The lowest BCUT2D eigenvalue weighted by Gasteiger charge is -2.24. The number of fused-ring (bicyclic) bond motifs is 1. The van der Waals surface area contributed by atoms with Gasteiger partial charge in [0, 0.05) is 23.2 Å². The number of hydrogen-bond acceptors (Lipinski definition) is 7. The second-order valence-corrected chi connectivity index (χ2v) is 9.63. The quantitative estimate of drug-likeness (QED) is 0.354. The van der Waals surface area contributed by atoms with Crippen LogP contribution in [-0.2, 0) is 24.4 Å². The molecule has 3 heterocycles. The Bertz CT molecular complexity index is 1460. The fraction of sp³-hybridized carbons (Fsp3) is 0.320. The number of halogens is 3. The minimum Gasteiger partial charge on any atom is -0.444 e. The van der Waals surface area contributed by atoms with E-state index >= 15 is 0 Å². The Balaban J connectivity index is 1.32. The van der Waals surface area contributed by atoms with Crippen LogP contribution in [0.2, 0.25) is 0 Å². The van der Waals surface area contributed by atoms with Crippen molar-refractivity contribution in [1.29, 1.82) is 0 Å². The van der Waals surface area contributed by atoms with Gasteiger partial charge in [-0.05, 0) is 44.0 Å². The third-order valence-corrected chi connectivity index (χ3v) is 5.71. The Morgan fingerprint density at radius 2 is 1.95 bits per heavy atom. The summed E-state index contributed by atoms with van der Waals surface area (Å²) in [6, 6.07) is 9.90. The van der Waals surface area contributed by atoms with Crippen LogP contribution in [0.15, 0.2) is 47.0 Å². The van der Waals surface area contributed by atoms with Gasteiger partial charge in [-0.15, -0.1) is 15.3 Å². The summed E-state index contributed by atoms with van der Waals surface area (Å²) in [6.45, 7) is 6.37. The normalized spacial score (nSPS) is 13.3. The van der Waals surface area contributed by atoms with Crippen LogP contribution in [0.4, 0.5) is 18.0 Å². The minimum absolute atomic E-state index is 0.0876. The van der Waals surface area contributed by atoms with Crippen molar-refractivity contribution in [3.8, 4) is 22.7 Å². The van der Waals surface area contributed by atoms with Gasteiger partial charge in [0.1, 0.15) is 17.1 Å². The first-order valence-corrected chi connectivity index (χ1v) is 11.5. The van der Waals surface area contributed by atoms with Gasteiger partial charge in [-0.25, -0.2) is 13.9 Å². The third kappa shape index (κ3) is 5.18. The van der Waals surface area contributed by atoms with Crippen molar-refractivity contribution in [2.45, 2.75) is 52.4 Å². The van der Waals surface area contributed by atoms with E-state index in [9.17, 15) is 18.0 Å². The van der Waals surface area contributed by atoms with Crippen LogP contribution in [-0.4, -0.2) is 41.8 Å². The van der Waals surface area contributed by atoms with Crippen LogP contribution < -0.4 is 0 Å². The first kappa shape index (κ1) is 24.5. The van der Waals surface area contributed by atoms with Crippen LogP contribution in [0.5, 0.6) is 0 Å². The molecule has 12 heteroatoms. The van der Waals surface area contributed by atoms with E-state index in [0.29, 0.717) is 24.3 Å². The molecule has 1 aliphatic heterocycles. The molecule has 4 aromatic rings. The first-order valence-electron chi connectivity index (χ1n) is 11.5. The molecule has 1 amide bonds. The van der Waals surface area contributed by atoms with Gasteiger partial charge < -0.3 is 9.15 Å². The first-order chi connectivity index (χ1) is 17.6. The summed E-state index contributed by atoms with van der Waals surface area (Å²) in [5, 5.41) is 15.2. The molecule has 0 radical (unpaired) electrons. The van der Waals surface area contributed by atoms with Crippen molar-refractivity contribution in [2.75, 3.05) is 0 Å². The molecule has 0 unspecified atom stereocenters. The van der Waals surface area contributed by atoms with Gasteiger partial charge >= 0.3 is 12.5 Å². The summed E-state index contributed by atoms with van der Waals surface area (Å²) in [6.07, 6.45) is -1.59. The minimum atomic E-state index is -2.90. The lowest BCUT2D eigenvalue weighted by atomic mass is 10.0. The van der Waals surface area contributed by atoms with Gasteiger partial charge in [0.15, 0.2) is 0 Å². The molecule has 0 atom stereocenters. The van der Waals surface area contributed by atoms with E-state index in [1.165, 1.54) is 16.8 Å². The Kier molecular flexibility index (Phi) is 6.18. The van der Waals surface area contributed by atoms with Crippen molar-refractivity contribution in [1.82, 2.24) is 30.1 Å². The van der Waals surface area contributed by atoms with E-state index in [2.05, 4.69) is 20.5 Å². The summed E-state index contributed by atoms with van der Waals surface area (Å²) in [5.74, 6) is -1.60. The van der Waals surface area contributed by atoms with Crippen LogP contribution in [0.25, 0.3) is 22.7 Å². The number of benzene rings is 2. The van der Waals surface area contributed by atoms with E-state index in [-0.39, 0.29) is 24.1 Å². The average Bonchev–Trinajstić information content (AvgIpc) is 3.58. The summed E-state index contributed by atoms with van der Waals surface area (Å²) in [7, 11) is 0. The number of aromatic nitrogens is 5. The van der Waals surface area contributed by atoms with Gasteiger partial charge in [0.2, 0.25) is 5.89 Å². The molecule has 0 bridgehead atoms. The fourth-order valence-corrected chi connectivity index (χ4v) is 4.04. The zero-order valence-electron chi connectivity index (χ0n) is 20.3. The number of ether oxygens (including phenoxy) is 1. The molecule has 37 heavy (non-hydrogen) atoms. The Hall–Kier alpha value is -4.22. The molecule has 0 N–H and O–H groups in total. The van der Waals surface area contributed by atoms with Crippen LogP contribution in [0, 0.1) is 5.82 Å². The standard InChI is InChI=1S/C25H23F3N6O3/c1-25(2,3)37-24(35)33-10-15-5-4-6-17(18(15)12-33)20-13-34(32-29-20)11-16-8-7-14(9-19(16)26)22-30-31-23(36-22)21(27)28/h4-9,13,21H,10-12H2,1-3H3. The van der Waals surface area contributed by atoms with E-state index < -0.39 is 23.7 Å². The zero-order chi connectivity index (χ0) is 26.3. The van der Waals surface area contributed by atoms with Gasteiger partial charge in [-0.3, -0.25) is 4.90 Å². The fourth-order valence-electron chi connectivity index (χ4n) is 4.04. The number of nitrogens with zero attached hydrogens (tertiary/aromatic N) is 6. The molecule has 5 rings (SSSR count). The van der Waals surface area contributed by atoms with Crippen molar-refractivity contribution in [3.05, 3.63) is 71.0 Å². The van der Waals surface area contributed by atoms with Crippen LogP contribution >= 0.6 is 0 Å². The van der Waals surface area contributed by atoms with Crippen molar-refractivity contribution in [2.24, 2.45) is 0 Å². The molecule has 0 spiro atoms. The molecule has 0 aliphatic carbocycles. The highest BCUT2D eigenvalue weighted by Gasteiger charge is 2.30. The number of hydrogen-bond donors (Lipinski definition) is 0. The maximum atomic E-state index is 14.8. The van der Waals surface area contributed by atoms with Gasteiger partial charge in [-0.2, -0.15) is 8.78 Å². The Morgan fingerprint density at radius 1 is 1.14 bits per heavy atom. The van der Waals surface area contributed by atoms with Gasteiger partial charge in [-0.1, -0.05) is 29.5 Å². The summed E-state index contributed by atoms with van der Waals surface area (Å²) >= 11 is 0. The molecular weight excluding hydrogens is 489 g/mol. The third-order valence-electron chi connectivity index (χ3n) is 5.71. The maximum absolute atomic E-state index is 14.8. The molecule has 0 saturated carbocycles. The van der Waals surface area contributed by atoms with Crippen molar-refractivity contribution < 1.29 is 27.1 Å². The lowest BCUT2D eigenvalue weighted by Crippen LogP contribution is -2.33. The highest BCUT2D eigenvalue weighted by molar-refractivity contribution is 5.72. The lowest BCUT2D eigenvalue weighted by molar-refractivity contribution is 0.0242. The monoisotopic (exact) mass is 512 g/mol. The second-order valence-electron chi connectivity index (χ2n) is 9.63. The summed E-state index contributed by atoms with van der Waals surface area (Å²) in [4.78, 5) is 14.2. The molecule has 192 valence electrons. The predicted molar refractivity (Wildman–Crippen MR) is 125 cm³/mol. The van der Waals surface area contributed by atoms with E-state index in [1.807, 2.05) is 39.0 Å². The van der Waals surface area contributed by atoms with Crippen LogP contribution in [0.1, 0.15) is 49.8 Å². The summed E-state index contributed by atoms with van der Waals surface area (Å²) in [5.41, 5.74) is 3.28. The van der Waals surface area contributed by atoms with Crippen LogP contribution in [0.3, 0.4) is 0 Å². The van der Waals surface area contributed by atoms with Crippen molar-refractivity contribution >= 4 is 6.09 Å². The topological polar surface area (TPSA) is 99.2 Å².